The summed E-state index contributed by atoms with van der Waals surface area (Å²) in [5.74, 6) is -4.21. The molecule has 50 heavy (non-hydrogen) atoms. The number of Topliss-reactive ketones (excluding diaryl/α,β-unsaturated/α-hetero) is 3. The molecule has 8 heteroatoms. The van der Waals surface area contributed by atoms with Crippen LogP contribution in [-0.2, 0) is 24.0 Å². The zero-order valence-electron chi connectivity index (χ0n) is 31.7. The first-order valence-corrected chi connectivity index (χ1v) is 17.4. The molecule has 0 unspecified atom stereocenters. The van der Waals surface area contributed by atoms with E-state index in [2.05, 4.69) is 12.2 Å². The fourth-order valence-electron chi connectivity index (χ4n) is 7.58. The molecule has 0 heterocycles. The Labute approximate surface area is 297 Å². The third-order valence-corrected chi connectivity index (χ3v) is 10.2. The quantitative estimate of drug-likeness (QED) is 0.0439. The van der Waals surface area contributed by atoms with E-state index >= 15 is 9.59 Å². The fourth-order valence-corrected chi connectivity index (χ4v) is 7.58. The van der Waals surface area contributed by atoms with E-state index in [4.69, 9.17) is 9.47 Å². The SMILES string of the molecule is CC(=O)Oc1ccc(/C(O)=C2/C(=O)[C@]3(CC=C(C)C)C[C@H](CC=C(C)C)[C@@](C)(CCC=C(C)C)[C@](CC=C(C)C)(C2=O)C3=O)cc1OC(C)=O. The van der Waals surface area contributed by atoms with Crippen molar-refractivity contribution in [3.8, 4) is 11.5 Å². The van der Waals surface area contributed by atoms with Gasteiger partial charge in [0.25, 0.3) is 0 Å². The average Bonchev–Trinajstić information content (AvgIpc) is 2.99. The summed E-state index contributed by atoms with van der Waals surface area (Å²) in [5.41, 5.74) is -0.520. The number of aliphatic hydroxyl groups excluding tert-OH is 1. The van der Waals surface area contributed by atoms with Gasteiger partial charge in [-0.25, -0.2) is 0 Å². The minimum atomic E-state index is -1.67. The van der Waals surface area contributed by atoms with Crippen molar-refractivity contribution in [2.45, 2.75) is 115 Å². The van der Waals surface area contributed by atoms with Crippen molar-refractivity contribution in [1.29, 1.82) is 0 Å². The van der Waals surface area contributed by atoms with Crippen LogP contribution in [0, 0.1) is 22.2 Å². The van der Waals surface area contributed by atoms with Crippen molar-refractivity contribution < 1.29 is 38.6 Å². The Balaban J connectivity index is 2.52. The molecule has 2 fully saturated rings. The molecule has 2 aliphatic carbocycles. The first-order valence-electron chi connectivity index (χ1n) is 17.4. The van der Waals surface area contributed by atoms with Crippen LogP contribution in [0.3, 0.4) is 0 Å². The molecule has 3 rings (SSSR count). The van der Waals surface area contributed by atoms with Gasteiger partial charge in [0.05, 0.1) is 5.41 Å². The van der Waals surface area contributed by atoms with E-state index in [0.29, 0.717) is 19.3 Å². The summed E-state index contributed by atoms with van der Waals surface area (Å²) < 4.78 is 10.5. The van der Waals surface area contributed by atoms with Gasteiger partial charge in [0, 0.05) is 19.4 Å². The van der Waals surface area contributed by atoms with E-state index in [1.807, 2.05) is 74.5 Å². The van der Waals surface area contributed by atoms with Crippen LogP contribution in [0.4, 0.5) is 0 Å². The molecule has 2 aliphatic rings. The Morgan fingerprint density at radius 1 is 0.760 bits per heavy atom. The van der Waals surface area contributed by atoms with Crippen molar-refractivity contribution in [3.63, 3.8) is 0 Å². The zero-order valence-corrected chi connectivity index (χ0v) is 31.7. The molecule has 0 amide bonds. The van der Waals surface area contributed by atoms with Gasteiger partial charge in [-0.1, -0.05) is 53.5 Å². The number of hydrogen-bond donors (Lipinski definition) is 1. The predicted octanol–water partition coefficient (Wildman–Crippen LogP) is 9.34. The molecule has 1 N–H and O–H groups in total. The maximum absolute atomic E-state index is 15.4. The molecular weight excluding hydrogens is 632 g/mol. The van der Waals surface area contributed by atoms with Crippen LogP contribution in [0.1, 0.15) is 120 Å². The van der Waals surface area contributed by atoms with Crippen molar-refractivity contribution in [2.75, 3.05) is 0 Å². The van der Waals surface area contributed by atoms with Gasteiger partial charge in [-0.15, -0.1) is 0 Å². The van der Waals surface area contributed by atoms with Gasteiger partial charge in [0.15, 0.2) is 28.8 Å². The maximum atomic E-state index is 15.4. The molecule has 0 spiro atoms. The highest BCUT2D eigenvalue weighted by atomic mass is 16.6. The van der Waals surface area contributed by atoms with Crippen molar-refractivity contribution in [1.82, 2.24) is 0 Å². The molecule has 2 bridgehead atoms. The van der Waals surface area contributed by atoms with E-state index in [-0.39, 0.29) is 48.0 Å². The molecule has 1 aromatic rings. The first kappa shape index (κ1) is 40.1. The number of esters is 2. The Morgan fingerprint density at radius 3 is 1.84 bits per heavy atom. The molecule has 270 valence electrons. The van der Waals surface area contributed by atoms with E-state index in [9.17, 15) is 19.5 Å². The van der Waals surface area contributed by atoms with Gasteiger partial charge in [0.2, 0.25) is 0 Å². The number of carbonyl (C=O) groups excluding carboxylic acids is 5. The molecular formula is C42H54O8. The molecule has 1 aromatic carbocycles. The lowest BCUT2D eigenvalue weighted by Gasteiger charge is -2.61. The maximum Gasteiger partial charge on any atom is 0.308 e. The van der Waals surface area contributed by atoms with Crippen LogP contribution in [0.5, 0.6) is 11.5 Å². The number of ketones is 3. The van der Waals surface area contributed by atoms with Gasteiger partial charge >= 0.3 is 11.9 Å². The lowest BCUT2D eigenvalue weighted by atomic mass is 9.37. The second kappa shape index (κ2) is 15.7. The van der Waals surface area contributed by atoms with Crippen molar-refractivity contribution in [2.24, 2.45) is 22.2 Å². The smallest absolute Gasteiger partial charge is 0.308 e. The summed E-state index contributed by atoms with van der Waals surface area (Å²) in [6.45, 7) is 20.1. The van der Waals surface area contributed by atoms with E-state index in [1.165, 1.54) is 32.0 Å². The largest absolute Gasteiger partial charge is 0.506 e. The van der Waals surface area contributed by atoms with Gasteiger partial charge in [-0.2, -0.15) is 0 Å². The predicted molar refractivity (Wildman–Crippen MR) is 196 cm³/mol. The summed E-state index contributed by atoms with van der Waals surface area (Å²) in [7, 11) is 0. The fraction of sp³-hybridized carbons (Fsp3) is 0.500. The zero-order chi connectivity index (χ0) is 37.8. The molecule has 0 aliphatic heterocycles. The van der Waals surface area contributed by atoms with Crippen LogP contribution >= 0.6 is 0 Å². The molecule has 4 atom stereocenters. The summed E-state index contributed by atoms with van der Waals surface area (Å²) in [5, 5.41) is 12.0. The molecule has 2 saturated carbocycles. The van der Waals surface area contributed by atoms with Gasteiger partial charge in [-0.05, 0) is 123 Å². The van der Waals surface area contributed by atoms with Crippen LogP contribution in [0.2, 0.25) is 0 Å². The normalized spacial score (nSPS) is 25.3. The summed E-state index contributed by atoms with van der Waals surface area (Å²) in [6, 6.07) is 3.97. The van der Waals surface area contributed by atoms with E-state index in [0.717, 1.165) is 22.3 Å². The lowest BCUT2D eigenvalue weighted by Crippen LogP contribution is -2.70. The Kier molecular flexibility index (Phi) is 12.6. The molecule has 0 radical (unpaired) electrons. The highest BCUT2D eigenvalue weighted by Gasteiger charge is 2.74. The van der Waals surface area contributed by atoms with Crippen molar-refractivity contribution in [3.05, 3.63) is 75.9 Å². The standard InChI is InChI=1S/C42H54O8/c1-25(2)13-12-20-40(11)32(16-14-26(3)4)24-41(21-18-27(5)6)37(46)35(38(47)42(40,39(41)48)22-19-28(7)8)36(45)31-15-17-33(49-29(9)43)34(23-31)50-30(10)44/h13-15,17-19,23,32,45H,12,16,20-22,24H2,1-11H3/b36-35+/t32-,40+,41-,42+/m0/s1. The minimum Gasteiger partial charge on any atom is -0.506 e. The number of carbonyl (C=O) groups is 5. The number of hydrogen-bond acceptors (Lipinski definition) is 8. The number of aliphatic hydroxyl groups is 1. The van der Waals surface area contributed by atoms with Crippen LogP contribution < -0.4 is 9.47 Å². The van der Waals surface area contributed by atoms with Gasteiger partial charge in [0.1, 0.15) is 16.7 Å². The van der Waals surface area contributed by atoms with Crippen LogP contribution in [0.15, 0.2) is 70.4 Å². The number of rotatable bonds is 12. The monoisotopic (exact) mass is 686 g/mol. The molecule has 0 aromatic heterocycles. The molecule has 0 saturated heterocycles. The third kappa shape index (κ3) is 7.85. The number of fused-ring (bicyclic) bond motifs is 2. The van der Waals surface area contributed by atoms with Crippen LogP contribution in [-0.4, -0.2) is 34.4 Å². The van der Waals surface area contributed by atoms with Gasteiger partial charge < -0.3 is 14.6 Å². The minimum absolute atomic E-state index is 0.00309. The van der Waals surface area contributed by atoms with E-state index < -0.39 is 51.1 Å². The third-order valence-electron chi connectivity index (χ3n) is 10.2. The number of ether oxygens (including phenoxy) is 2. The summed E-state index contributed by atoms with van der Waals surface area (Å²) >= 11 is 0. The highest BCUT2D eigenvalue weighted by molar-refractivity contribution is 6.41. The second-order valence-electron chi connectivity index (χ2n) is 15.2. The Morgan fingerprint density at radius 2 is 1.30 bits per heavy atom. The summed E-state index contributed by atoms with van der Waals surface area (Å²) in [6.07, 6.45) is 10.1. The average molecular weight is 687 g/mol. The second-order valence-corrected chi connectivity index (χ2v) is 15.2. The lowest BCUT2D eigenvalue weighted by molar-refractivity contribution is -0.178. The number of benzene rings is 1. The Hall–Kier alpha value is -4.33. The van der Waals surface area contributed by atoms with Crippen molar-refractivity contribution >= 4 is 35.0 Å². The highest BCUT2D eigenvalue weighted by Crippen LogP contribution is 2.67. The van der Waals surface area contributed by atoms with Crippen LogP contribution in [0.25, 0.3) is 5.76 Å². The number of allylic oxidation sites excluding steroid dienone is 9. The Bertz CT molecular complexity index is 1720. The van der Waals surface area contributed by atoms with Gasteiger partial charge in [-0.3, -0.25) is 24.0 Å². The molecule has 8 nitrogen and oxygen atoms in total. The topological polar surface area (TPSA) is 124 Å². The van der Waals surface area contributed by atoms with E-state index in [1.54, 1.807) is 0 Å². The first-order chi connectivity index (χ1) is 23.2. The summed E-state index contributed by atoms with van der Waals surface area (Å²) in [4.78, 5) is 69.5.